The van der Waals surface area contributed by atoms with Crippen molar-refractivity contribution in [2.24, 2.45) is 5.92 Å². The highest BCUT2D eigenvalue weighted by atomic mass is 35.5. The number of nitrogens with zero attached hydrogens (tertiary/aromatic N) is 2. The van der Waals surface area contributed by atoms with Crippen LogP contribution in [0.4, 0.5) is 0 Å². The molecule has 6 heteroatoms. The zero-order valence-corrected chi connectivity index (χ0v) is 13.5. The van der Waals surface area contributed by atoms with Crippen LogP contribution >= 0.6 is 11.6 Å². The molecule has 2 aliphatic rings. The highest BCUT2D eigenvalue weighted by molar-refractivity contribution is 7.86. The fraction of sp³-hybridized carbons (Fsp3) is 1.00. The average Bonchev–Trinajstić information content (AvgIpc) is 2.38. The molecule has 3 unspecified atom stereocenters. The maximum absolute atomic E-state index is 12.8. The Labute approximate surface area is 122 Å². The Morgan fingerprint density at radius 2 is 1.84 bits per heavy atom. The van der Waals surface area contributed by atoms with Crippen LogP contribution in [0.15, 0.2) is 0 Å². The van der Waals surface area contributed by atoms with Crippen LogP contribution < -0.4 is 0 Å². The van der Waals surface area contributed by atoms with Crippen LogP contribution in [0.2, 0.25) is 0 Å². The minimum Gasteiger partial charge on any atom is -0.195 e. The van der Waals surface area contributed by atoms with Crippen molar-refractivity contribution in [3.8, 4) is 0 Å². The monoisotopic (exact) mass is 308 g/mol. The Morgan fingerprint density at radius 1 is 1.11 bits per heavy atom. The van der Waals surface area contributed by atoms with Crippen molar-refractivity contribution in [1.29, 1.82) is 0 Å². The van der Waals surface area contributed by atoms with E-state index in [9.17, 15) is 8.42 Å². The molecule has 0 saturated carbocycles. The molecule has 0 spiro atoms. The largest absolute Gasteiger partial charge is 0.282 e. The number of hydrogen-bond donors (Lipinski definition) is 0. The van der Waals surface area contributed by atoms with E-state index in [0.29, 0.717) is 24.9 Å². The van der Waals surface area contributed by atoms with Gasteiger partial charge in [0.25, 0.3) is 10.2 Å². The van der Waals surface area contributed by atoms with Gasteiger partial charge in [0, 0.05) is 31.1 Å². The molecule has 0 aromatic rings. The fourth-order valence-corrected chi connectivity index (χ4v) is 5.76. The summed E-state index contributed by atoms with van der Waals surface area (Å²) in [5.74, 6) is 1.02. The zero-order valence-electron chi connectivity index (χ0n) is 11.9. The lowest BCUT2D eigenvalue weighted by Gasteiger charge is -2.42. The summed E-state index contributed by atoms with van der Waals surface area (Å²) in [6.45, 7) is 5.49. The van der Waals surface area contributed by atoms with E-state index in [4.69, 9.17) is 11.6 Å². The number of piperidine rings is 2. The standard InChI is InChI=1S/C13H25ClN2O2S/c1-11-6-8-15(12(2)9-11)19(17,18)16-7-4-3-5-13(16)10-14/h11-13H,3-10H2,1-2H3. The van der Waals surface area contributed by atoms with Crippen molar-refractivity contribution in [2.75, 3.05) is 19.0 Å². The molecule has 0 aliphatic carbocycles. The minimum absolute atomic E-state index is 0.0213. The number of halogens is 1. The molecule has 4 nitrogen and oxygen atoms in total. The maximum atomic E-state index is 12.8. The van der Waals surface area contributed by atoms with Crippen LogP contribution in [0.25, 0.3) is 0 Å². The Kier molecular flexibility index (Phi) is 5.15. The molecule has 19 heavy (non-hydrogen) atoms. The average molecular weight is 309 g/mol. The molecule has 2 saturated heterocycles. The highest BCUT2D eigenvalue weighted by Gasteiger charge is 2.39. The van der Waals surface area contributed by atoms with Gasteiger partial charge in [0.1, 0.15) is 0 Å². The van der Waals surface area contributed by atoms with Crippen molar-refractivity contribution >= 4 is 21.8 Å². The molecule has 2 fully saturated rings. The summed E-state index contributed by atoms with van der Waals surface area (Å²) in [7, 11) is -3.34. The van der Waals surface area contributed by atoms with Gasteiger partial charge in [-0.2, -0.15) is 17.0 Å². The zero-order chi connectivity index (χ0) is 14.0. The summed E-state index contributed by atoms with van der Waals surface area (Å²) in [6, 6.07) is 0.0821. The first-order valence-corrected chi connectivity index (χ1v) is 9.24. The van der Waals surface area contributed by atoms with E-state index in [0.717, 1.165) is 32.1 Å². The second-order valence-corrected chi connectivity index (χ2v) is 8.15. The molecule has 0 bridgehead atoms. The molecule has 0 aromatic heterocycles. The van der Waals surface area contributed by atoms with E-state index in [-0.39, 0.29) is 12.1 Å². The summed E-state index contributed by atoms with van der Waals surface area (Å²) >= 11 is 5.95. The highest BCUT2D eigenvalue weighted by Crippen LogP contribution is 2.29. The van der Waals surface area contributed by atoms with Crippen LogP contribution in [0.5, 0.6) is 0 Å². The molecule has 0 N–H and O–H groups in total. The van der Waals surface area contributed by atoms with Gasteiger partial charge in [0.2, 0.25) is 0 Å². The van der Waals surface area contributed by atoms with Gasteiger partial charge >= 0.3 is 0 Å². The minimum atomic E-state index is -3.34. The van der Waals surface area contributed by atoms with E-state index in [1.165, 1.54) is 0 Å². The molecule has 112 valence electrons. The summed E-state index contributed by atoms with van der Waals surface area (Å²) < 4.78 is 29.0. The van der Waals surface area contributed by atoms with Crippen LogP contribution in [0, 0.1) is 5.92 Å². The van der Waals surface area contributed by atoms with Gasteiger partial charge in [-0.3, -0.25) is 0 Å². The molecule has 3 atom stereocenters. The summed E-state index contributed by atoms with van der Waals surface area (Å²) in [6.07, 6.45) is 4.84. The fourth-order valence-electron chi connectivity index (χ4n) is 3.30. The molecule has 2 aliphatic heterocycles. The Morgan fingerprint density at radius 3 is 2.47 bits per heavy atom. The molecular formula is C13H25ClN2O2S. The third-order valence-electron chi connectivity index (χ3n) is 4.42. The van der Waals surface area contributed by atoms with Gasteiger partial charge in [-0.1, -0.05) is 13.3 Å². The third-order valence-corrected chi connectivity index (χ3v) is 6.99. The van der Waals surface area contributed by atoms with Gasteiger partial charge in [0.15, 0.2) is 0 Å². The predicted octanol–water partition coefficient (Wildman–Crippen LogP) is 2.44. The van der Waals surface area contributed by atoms with E-state index < -0.39 is 10.2 Å². The normalized spacial score (nSPS) is 35.4. The van der Waals surface area contributed by atoms with Gasteiger partial charge in [-0.15, -0.1) is 11.6 Å². The molecule has 0 radical (unpaired) electrons. The van der Waals surface area contributed by atoms with Crippen molar-refractivity contribution in [3.05, 3.63) is 0 Å². The summed E-state index contributed by atoms with van der Waals surface area (Å²) in [5.41, 5.74) is 0. The smallest absolute Gasteiger partial charge is 0.195 e. The predicted molar refractivity (Wildman–Crippen MR) is 78.6 cm³/mol. The lowest BCUT2D eigenvalue weighted by molar-refractivity contribution is 0.186. The number of alkyl halides is 1. The first-order chi connectivity index (χ1) is 8.96. The number of hydrogen-bond acceptors (Lipinski definition) is 2. The Balaban J connectivity index is 2.16. The second kappa shape index (κ2) is 6.29. The quantitative estimate of drug-likeness (QED) is 0.751. The summed E-state index contributed by atoms with van der Waals surface area (Å²) in [5, 5.41) is 0. The maximum Gasteiger partial charge on any atom is 0.282 e. The van der Waals surface area contributed by atoms with Crippen LogP contribution in [0.1, 0.15) is 46.0 Å². The van der Waals surface area contributed by atoms with Crippen molar-refractivity contribution in [3.63, 3.8) is 0 Å². The van der Waals surface area contributed by atoms with Crippen molar-refractivity contribution < 1.29 is 8.42 Å². The lowest BCUT2D eigenvalue weighted by atomic mass is 9.95. The Hall–Kier alpha value is 0.160. The van der Waals surface area contributed by atoms with E-state index in [2.05, 4.69) is 6.92 Å². The van der Waals surface area contributed by atoms with E-state index in [1.807, 2.05) is 6.92 Å². The van der Waals surface area contributed by atoms with Gasteiger partial charge in [-0.25, -0.2) is 0 Å². The van der Waals surface area contributed by atoms with Gasteiger partial charge in [0.05, 0.1) is 0 Å². The number of rotatable bonds is 3. The van der Waals surface area contributed by atoms with Crippen molar-refractivity contribution in [2.45, 2.75) is 58.0 Å². The molecule has 0 amide bonds. The SMILES string of the molecule is CC1CCN(S(=O)(=O)N2CCCCC2CCl)C(C)C1. The Bertz CT molecular complexity index is 401. The van der Waals surface area contributed by atoms with Crippen LogP contribution in [-0.4, -0.2) is 48.1 Å². The summed E-state index contributed by atoms with van der Waals surface area (Å²) in [4.78, 5) is 0. The first-order valence-electron chi connectivity index (χ1n) is 7.31. The van der Waals surface area contributed by atoms with Gasteiger partial charge < -0.3 is 0 Å². The van der Waals surface area contributed by atoms with Crippen molar-refractivity contribution in [1.82, 2.24) is 8.61 Å². The topological polar surface area (TPSA) is 40.6 Å². The van der Waals surface area contributed by atoms with Crippen LogP contribution in [-0.2, 0) is 10.2 Å². The van der Waals surface area contributed by atoms with E-state index >= 15 is 0 Å². The molecule has 2 heterocycles. The third kappa shape index (κ3) is 3.26. The molecule has 0 aromatic carbocycles. The van der Waals surface area contributed by atoms with Crippen LogP contribution in [0.3, 0.4) is 0 Å². The lowest BCUT2D eigenvalue weighted by Crippen LogP contribution is -2.55. The first kappa shape index (κ1) is 15.5. The van der Waals surface area contributed by atoms with Gasteiger partial charge in [-0.05, 0) is 38.5 Å². The molecular weight excluding hydrogens is 284 g/mol. The molecule has 2 rings (SSSR count). The second-order valence-electron chi connectivity index (χ2n) is 6.01. The van der Waals surface area contributed by atoms with E-state index in [1.54, 1.807) is 8.61 Å².